The first kappa shape index (κ1) is 23.7. The first-order chi connectivity index (χ1) is 14.2. The van der Waals surface area contributed by atoms with Crippen molar-refractivity contribution in [3.05, 3.63) is 59.2 Å². The predicted octanol–water partition coefficient (Wildman–Crippen LogP) is 3.61. The summed E-state index contributed by atoms with van der Waals surface area (Å²) in [6.45, 7) is 6.13. The highest BCUT2D eigenvalue weighted by molar-refractivity contribution is 7.92. The van der Waals surface area contributed by atoms with Crippen LogP contribution in [0.4, 0.5) is 5.69 Å². The van der Waals surface area contributed by atoms with Crippen LogP contribution in [0.5, 0.6) is 5.75 Å². The lowest BCUT2D eigenvalue weighted by Gasteiger charge is -2.30. The van der Waals surface area contributed by atoms with Crippen molar-refractivity contribution in [3.63, 3.8) is 0 Å². The Balaban J connectivity index is 2.06. The number of ether oxygens (including phenoxy) is 1. The van der Waals surface area contributed by atoms with Gasteiger partial charge >= 0.3 is 0 Å². The van der Waals surface area contributed by atoms with Gasteiger partial charge in [0.1, 0.15) is 11.8 Å². The quantitative estimate of drug-likeness (QED) is 0.582. The molecule has 0 radical (unpaired) electrons. The highest BCUT2D eigenvalue weighted by Crippen LogP contribution is 2.25. The number of rotatable bonds is 10. The zero-order valence-electron chi connectivity index (χ0n) is 18.4. The number of amides is 1. The summed E-state index contributed by atoms with van der Waals surface area (Å²) in [6, 6.07) is 12.6. The van der Waals surface area contributed by atoms with Crippen LogP contribution in [0.15, 0.2) is 42.5 Å². The number of nitrogens with one attached hydrogen (secondary N) is 1. The van der Waals surface area contributed by atoms with Crippen LogP contribution >= 0.6 is 0 Å². The molecule has 1 amide bonds. The molecular weight excluding hydrogens is 400 g/mol. The number of anilines is 1. The van der Waals surface area contributed by atoms with Crippen LogP contribution < -0.4 is 14.4 Å². The normalized spacial score (nSPS) is 12.3. The van der Waals surface area contributed by atoms with Crippen molar-refractivity contribution < 1.29 is 17.9 Å². The van der Waals surface area contributed by atoms with Crippen molar-refractivity contribution in [3.8, 4) is 5.75 Å². The second-order valence-corrected chi connectivity index (χ2v) is 9.43. The molecule has 0 heterocycles. The minimum absolute atomic E-state index is 0.281. The number of nitrogens with zero attached hydrogens (tertiary/aromatic N) is 1. The van der Waals surface area contributed by atoms with Crippen molar-refractivity contribution in [2.24, 2.45) is 0 Å². The minimum atomic E-state index is -3.63. The lowest BCUT2D eigenvalue weighted by Crippen LogP contribution is -2.49. The van der Waals surface area contributed by atoms with E-state index in [9.17, 15) is 13.2 Å². The van der Waals surface area contributed by atoms with E-state index in [0.29, 0.717) is 18.7 Å². The van der Waals surface area contributed by atoms with Gasteiger partial charge in [-0.2, -0.15) is 0 Å². The predicted molar refractivity (Wildman–Crippen MR) is 122 cm³/mol. The Labute approximate surface area is 180 Å². The number of aryl methyl sites for hydroxylation is 3. The summed E-state index contributed by atoms with van der Waals surface area (Å²) in [6.07, 6.45) is 3.10. The summed E-state index contributed by atoms with van der Waals surface area (Å²) in [4.78, 5) is 12.9. The van der Waals surface area contributed by atoms with E-state index in [1.165, 1.54) is 4.31 Å². The highest BCUT2D eigenvalue weighted by Gasteiger charge is 2.31. The van der Waals surface area contributed by atoms with Crippen molar-refractivity contribution in [1.29, 1.82) is 0 Å². The third-order valence-electron chi connectivity index (χ3n) is 4.89. The Morgan fingerprint density at radius 3 is 2.20 bits per heavy atom. The molecule has 1 atom stereocenters. The van der Waals surface area contributed by atoms with E-state index < -0.39 is 16.1 Å². The molecule has 0 fully saturated rings. The van der Waals surface area contributed by atoms with Crippen LogP contribution in [-0.4, -0.2) is 40.3 Å². The van der Waals surface area contributed by atoms with E-state index in [1.807, 2.05) is 51.1 Å². The third-order valence-corrected chi connectivity index (χ3v) is 6.07. The number of benzene rings is 2. The number of carbonyl (C=O) groups excluding carboxylic acids is 1. The molecule has 2 aromatic carbocycles. The Bertz CT molecular complexity index is 935. The Morgan fingerprint density at radius 1 is 1.10 bits per heavy atom. The second-order valence-electron chi connectivity index (χ2n) is 7.57. The molecule has 0 aliphatic rings. The average Bonchev–Trinajstić information content (AvgIpc) is 2.67. The lowest BCUT2D eigenvalue weighted by molar-refractivity contribution is -0.122. The van der Waals surface area contributed by atoms with Gasteiger partial charge in [0.2, 0.25) is 15.9 Å². The molecule has 0 saturated heterocycles. The molecule has 30 heavy (non-hydrogen) atoms. The number of carbonyl (C=O) groups is 1. The summed E-state index contributed by atoms with van der Waals surface area (Å²) >= 11 is 0. The van der Waals surface area contributed by atoms with Gasteiger partial charge in [-0.05, 0) is 74.1 Å². The maximum atomic E-state index is 12.9. The van der Waals surface area contributed by atoms with Gasteiger partial charge < -0.3 is 10.1 Å². The number of hydrogen-bond donors (Lipinski definition) is 1. The SMILES string of the molecule is CCC(C(=O)NCCCc1ccc(OC)cc1)N(c1cc(C)cc(C)c1)S(C)(=O)=O. The topological polar surface area (TPSA) is 75.7 Å². The summed E-state index contributed by atoms with van der Waals surface area (Å²) in [5.74, 6) is 0.530. The zero-order chi connectivity index (χ0) is 22.3. The van der Waals surface area contributed by atoms with E-state index in [1.54, 1.807) is 19.2 Å². The van der Waals surface area contributed by atoms with Crippen molar-refractivity contribution in [2.45, 2.75) is 46.1 Å². The van der Waals surface area contributed by atoms with E-state index in [4.69, 9.17) is 4.74 Å². The van der Waals surface area contributed by atoms with E-state index in [-0.39, 0.29) is 5.91 Å². The van der Waals surface area contributed by atoms with Crippen molar-refractivity contribution >= 4 is 21.6 Å². The molecule has 0 aromatic heterocycles. The Kier molecular flexibility index (Phi) is 8.29. The van der Waals surface area contributed by atoms with E-state index in [2.05, 4.69) is 5.32 Å². The molecule has 164 valence electrons. The van der Waals surface area contributed by atoms with E-state index >= 15 is 0 Å². The molecule has 1 N–H and O–H groups in total. The largest absolute Gasteiger partial charge is 0.497 e. The fourth-order valence-corrected chi connectivity index (χ4v) is 4.75. The molecule has 1 unspecified atom stereocenters. The van der Waals surface area contributed by atoms with Crippen LogP contribution in [0, 0.1) is 13.8 Å². The number of sulfonamides is 1. The summed E-state index contributed by atoms with van der Waals surface area (Å²) in [5.41, 5.74) is 3.59. The zero-order valence-corrected chi connectivity index (χ0v) is 19.3. The lowest BCUT2D eigenvalue weighted by atomic mass is 10.1. The van der Waals surface area contributed by atoms with Crippen LogP contribution in [0.2, 0.25) is 0 Å². The standard InChI is InChI=1S/C23H32N2O4S/c1-6-22(25(30(5,27)28)20-15-17(2)14-18(3)16-20)23(26)24-13-7-8-19-9-11-21(29-4)12-10-19/h9-12,14-16,22H,6-8,13H2,1-5H3,(H,24,26). The van der Waals surface area contributed by atoms with Gasteiger partial charge in [-0.15, -0.1) is 0 Å². The molecule has 6 nitrogen and oxygen atoms in total. The minimum Gasteiger partial charge on any atom is -0.497 e. The Morgan fingerprint density at radius 2 is 1.70 bits per heavy atom. The Hall–Kier alpha value is -2.54. The van der Waals surface area contributed by atoms with Crippen LogP contribution in [0.3, 0.4) is 0 Å². The van der Waals surface area contributed by atoms with E-state index in [0.717, 1.165) is 41.5 Å². The van der Waals surface area contributed by atoms with Gasteiger partial charge in [0, 0.05) is 6.54 Å². The van der Waals surface area contributed by atoms with Crippen molar-refractivity contribution in [1.82, 2.24) is 5.32 Å². The molecule has 0 bridgehead atoms. The first-order valence-corrected chi connectivity index (χ1v) is 12.0. The molecule has 0 saturated carbocycles. The maximum absolute atomic E-state index is 12.9. The average molecular weight is 433 g/mol. The molecule has 2 aromatic rings. The number of methoxy groups -OCH3 is 1. The summed E-state index contributed by atoms with van der Waals surface area (Å²) < 4.78 is 31.5. The molecule has 0 aliphatic heterocycles. The fourth-order valence-electron chi connectivity index (χ4n) is 3.55. The summed E-state index contributed by atoms with van der Waals surface area (Å²) in [5, 5.41) is 2.91. The fraction of sp³-hybridized carbons (Fsp3) is 0.435. The van der Waals surface area contributed by atoms with Crippen molar-refractivity contribution in [2.75, 3.05) is 24.2 Å². The van der Waals surface area contributed by atoms with Crippen LogP contribution in [-0.2, 0) is 21.2 Å². The van der Waals surface area contributed by atoms with Gasteiger partial charge in [-0.25, -0.2) is 8.42 Å². The van der Waals surface area contributed by atoms with Crippen LogP contribution in [0.25, 0.3) is 0 Å². The molecule has 0 aliphatic carbocycles. The van der Waals surface area contributed by atoms with Crippen LogP contribution in [0.1, 0.15) is 36.5 Å². The van der Waals surface area contributed by atoms with Gasteiger partial charge in [-0.1, -0.05) is 25.1 Å². The molecule has 7 heteroatoms. The van der Waals surface area contributed by atoms with Gasteiger partial charge in [0.05, 0.1) is 19.1 Å². The second kappa shape index (κ2) is 10.5. The third kappa shape index (κ3) is 6.49. The maximum Gasteiger partial charge on any atom is 0.243 e. The highest BCUT2D eigenvalue weighted by atomic mass is 32.2. The van der Waals surface area contributed by atoms with Gasteiger partial charge in [0.15, 0.2) is 0 Å². The molecule has 0 spiro atoms. The monoisotopic (exact) mass is 432 g/mol. The van der Waals surface area contributed by atoms with Gasteiger partial charge in [0.25, 0.3) is 0 Å². The van der Waals surface area contributed by atoms with Gasteiger partial charge in [-0.3, -0.25) is 9.10 Å². The molecular formula is C23H32N2O4S. The molecule has 2 rings (SSSR count). The summed E-state index contributed by atoms with van der Waals surface area (Å²) in [7, 11) is -2.00. The number of hydrogen-bond acceptors (Lipinski definition) is 4. The first-order valence-electron chi connectivity index (χ1n) is 10.1. The smallest absolute Gasteiger partial charge is 0.243 e.